The highest BCUT2D eigenvalue weighted by Crippen LogP contribution is 2.32. The number of rotatable bonds is 5. The Labute approximate surface area is 114 Å². The Balaban J connectivity index is 1.85. The molecule has 3 nitrogen and oxygen atoms in total. The number of aryl methyl sites for hydroxylation is 1. The zero-order chi connectivity index (χ0) is 13.0. The number of aromatic nitrogens is 2. The van der Waals surface area contributed by atoms with Crippen LogP contribution in [0, 0.1) is 6.92 Å². The monoisotopic (exact) mass is 265 g/mol. The Morgan fingerprint density at radius 1 is 1.33 bits per heavy atom. The molecule has 1 aromatic heterocycles. The third kappa shape index (κ3) is 3.69. The summed E-state index contributed by atoms with van der Waals surface area (Å²) >= 11 is 2.11. The van der Waals surface area contributed by atoms with Gasteiger partial charge in [0.2, 0.25) is 0 Å². The van der Waals surface area contributed by atoms with E-state index in [2.05, 4.69) is 40.6 Å². The first kappa shape index (κ1) is 13.8. The second kappa shape index (κ2) is 6.53. The van der Waals surface area contributed by atoms with Crippen molar-refractivity contribution < 1.29 is 0 Å². The Morgan fingerprint density at radius 2 is 2.17 bits per heavy atom. The average molecular weight is 265 g/mol. The van der Waals surface area contributed by atoms with Crippen LogP contribution in [0.4, 0.5) is 0 Å². The van der Waals surface area contributed by atoms with Crippen molar-refractivity contribution in [2.75, 3.05) is 12.8 Å². The molecule has 0 radical (unpaired) electrons. The summed E-state index contributed by atoms with van der Waals surface area (Å²) in [5.74, 6) is 1.24. The largest absolute Gasteiger partial charge is 0.297 e. The highest BCUT2D eigenvalue weighted by Gasteiger charge is 2.27. The number of nitrogens with zero attached hydrogens (tertiary/aromatic N) is 3. The number of hydrogen-bond acceptors (Lipinski definition) is 4. The van der Waals surface area contributed by atoms with Crippen LogP contribution in [0.3, 0.4) is 0 Å². The lowest BCUT2D eigenvalue weighted by molar-refractivity contribution is 0.235. The maximum absolute atomic E-state index is 4.44. The van der Waals surface area contributed by atoms with Crippen LogP contribution in [0.1, 0.15) is 37.6 Å². The first-order valence-corrected chi connectivity index (χ1v) is 7.83. The summed E-state index contributed by atoms with van der Waals surface area (Å²) in [6.07, 6.45) is 7.78. The molecule has 2 atom stereocenters. The molecule has 18 heavy (non-hydrogen) atoms. The van der Waals surface area contributed by atoms with E-state index in [0.717, 1.165) is 29.2 Å². The second-order valence-electron chi connectivity index (χ2n) is 5.11. The van der Waals surface area contributed by atoms with E-state index >= 15 is 0 Å². The molecule has 0 spiro atoms. The molecule has 1 saturated carbocycles. The Hall–Kier alpha value is -0.610. The predicted molar refractivity (Wildman–Crippen MR) is 77.8 cm³/mol. The van der Waals surface area contributed by atoms with E-state index in [1.54, 1.807) is 0 Å². The molecular weight excluding hydrogens is 242 g/mol. The van der Waals surface area contributed by atoms with Gasteiger partial charge in [0.15, 0.2) is 0 Å². The summed E-state index contributed by atoms with van der Waals surface area (Å²) < 4.78 is 0. The van der Waals surface area contributed by atoms with Gasteiger partial charge in [-0.1, -0.05) is 6.92 Å². The van der Waals surface area contributed by atoms with E-state index < -0.39 is 0 Å². The minimum Gasteiger partial charge on any atom is -0.297 e. The van der Waals surface area contributed by atoms with Gasteiger partial charge >= 0.3 is 0 Å². The fourth-order valence-electron chi connectivity index (χ4n) is 2.59. The molecule has 4 heteroatoms. The number of hydrogen-bond donors (Lipinski definition) is 0. The smallest absolute Gasteiger partial charge is 0.0727 e. The van der Waals surface area contributed by atoms with Gasteiger partial charge in [-0.25, -0.2) is 0 Å². The van der Waals surface area contributed by atoms with Crippen LogP contribution in [-0.4, -0.2) is 39.0 Å². The molecule has 1 aliphatic carbocycles. The van der Waals surface area contributed by atoms with Crippen molar-refractivity contribution in [3.05, 3.63) is 23.8 Å². The maximum Gasteiger partial charge on any atom is 0.0727 e. The number of thioether (sulfide) groups is 1. The lowest BCUT2D eigenvalue weighted by Crippen LogP contribution is -2.29. The van der Waals surface area contributed by atoms with Gasteiger partial charge in [0.1, 0.15) is 0 Å². The van der Waals surface area contributed by atoms with Crippen molar-refractivity contribution in [2.24, 2.45) is 0 Å². The SMILES string of the molecule is CCS[C@H]1CC[C@H](N(C)Cc2cnc(C)cn2)C1. The maximum atomic E-state index is 4.44. The van der Waals surface area contributed by atoms with Crippen molar-refractivity contribution in [1.29, 1.82) is 0 Å². The van der Waals surface area contributed by atoms with Gasteiger partial charge in [-0.15, -0.1) is 0 Å². The van der Waals surface area contributed by atoms with Crippen LogP contribution in [0.5, 0.6) is 0 Å². The third-order valence-electron chi connectivity index (χ3n) is 3.63. The van der Waals surface area contributed by atoms with Crippen molar-refractivity contribution in [1.82, 2.24) is 14.9 Å². The van der Waals surface area contributed by atoms with Crippen molar-refractivity contribution >= 4 is 11.8 Å². The molecule has 0 aromatic carbocycles. The van der Waals surface area contributed by atoms with Gasteiger partial charge < -0.3 is 0 Å². The Morgan fingerprint density at radius 3 is 2.83 bits per heavy atom. The zero-order valence-corrected chi connectivity index (χ0v) is 12.4. The Bertz CT molecular complexity index is 366. The molecule has 0 bridgehead atoms. The van der Waals surface area contributed by atoms with Gasteiger partial charge in [-0.2, -0.15) is 11.8 Å². The molecule has 0 N–H and O–H groups in total. The van der Waals surface area contributed by atoms with E-state index in [4.69, 9.17) is 0 Å². The standard InChI is InChI=1S/C14H23N3S/c1-4-18-14-6-5-13(7-14)17(3)10-12-9-15-11(2)8-16-12/h8-9,13-14H,4-7,10H2,1-3H3/t13-,14-/m0/s1. The van der Waals surface area contributed by atoms with E-state index in [1.807, 2.05) is 19.3 Å². The molecule has 0 saturated heterocycles. The summed E-state index contributed by atoms with van der Waals surface area (Å²) in [6.45, 7) is 5.15. The summed E-state index contributed by atoms with van der Waals surface area (Å²) in [7, 11) is 2.21. The lowest BCUT2D eigenvalue weighted by Gasteiger charge is -2.23. The quantitative estimate of drug-likeness (QED) is 0.818. The summed E-state index contributed by atoms with van der Waals surface area (Å²) in [5.41, 5.74) is 2.07. The fraction of sp³-hybridized carbons (Fsp3) is 0.714. The Kier molecular flexibility index (Phi) is 5.01. The molecule has 1 aromatic rings. The van der Waals surface area contributed by atoms with E-state index in [-0.39, 0.29) is 0 Å². The molecule has 1 fully saturated rings. The predicted octanol–water partition coefficient (Wildman–Crippen LogP) is 2.89. The molecule has 100 valence electrons. The van der Waals surface area contributed by atoms with Gasteiger partial charge in [-0.05, 0) is 39.0 Å². The van der Waals surface area contributed by atoms with Crippen molar-refractivity contribution in [2.45, 2.75) is 50.9 Å². The first-order chi connectivity index (χ1) is 8.69. The van der Waals surface area contributed by atoms with Crippen molar-refractivity contribution in [3.63, 3.8) is 0 Å². The molecular formula is C14H23N3S. The second-order valence-corrected chi connectivity index (χ2v) is 6.69. The zero-order valence-electron chi connectivity index (χ0n) is 11.6. The lowest BCUT2D eigenvalue weighted by atomic mass is 10.2. The minimum atomic E-state index is 0.720. The topological polar surface area (TPSA) is 29.0 Å². The van der Waals surface area contributed by atoms with Crippen LogP contribution >= 0.6 is 11.8 Å². The normalized spacial score (nSPS) is 23.8. The van der Waals surface area contributed by atoms with E-state index in [0.29, 0.717) is 0 Å². The summed E-state index contributed by atoms with van der Waals surface area (Å²) in [6, 6.07) is 0.720. The minimum absolute atomic E-state index is 0.720. The van der Waals surface area contributed by atoms with Crippen LogP contribution in [0.15, 0.2) is 12.4 Å². The van der Waals surface area contributed by atoms with Gasteiger partial charge in [0.05, 0.1) is 11.4 Å². The molecule has 1 aliphatic rings. The van der Waals surface area contributed by atoms with E-state index in [9.17, 15) is 0 Å². The molecule has 0 aliphatic heterocycles. The van der Waals surface area contributed by atoms with Gasteiger partial charge in [0, 0.05) is 30.2 Å². The molecule has 1 heterocycles. The summed E-state index contributed by atoms with van der Waals surface area (Å²) in [5, 5.41) is 0.867. The van der Waals surface area contributed by atoms with Gasteiger partial charge in [-0.3, -0.25) is 14.9 Å². The van der Waals surface area contributed by atoms with Crippen LogP contribution < -0.4 is 0 Å². The third-order valence-corrected chi connectivity index (χ3v) is 4.86. The molecule has 2 rings (SSSR count). The fourth-order valence-corrected chi connectivity index (χ4v) is 3.72. The average Bonchev–Trinajstić information content (AvgIpc) is 2.81. The van der Waals surface area contributed by atoms with E-state index in [1.165, 1.54) is 25.0 Å². The van der Waals surface area contributed by atoms with Crippen LogP contribution in [0.25, 0.3) is 0 Å². The first-order valence-electron chi connectivity index (χ1n) is 6.78. The van der Waals surface area contributed by atoms with Crippen molar-refractivity contribution in [3.8, 4) is 0 Å². The molecule has 0 unspecified atom stereocenters. The highest BCUT2D eigenvalue weighted by molar-refractivity contribution is 7.99. The molecule has 0 amide bonds. The van der Waals surface area contributed by atoms with Crippen LogP contribution in [0.2, 0.25) is 0 Å². The highest BCUT2D eigenvalue weighted by atomic mass is 32.2. The summed E-state index contributed by atoms with van der Waals surface area (Å²) in [4.78, 5) is 11.2. The van der Waals surface area contributed by atoms with Crippen LogP contribution in [-0.2, 0) is 6.54 Å². The van der Waals surface area contributed by atoms with Gasteiger partial charge in [0.25, 0.3) is 0 Å².